The van der Waals surface area contributed by atoms with Crippen LogP contribution in [0.15, 0.2) is 30.3 Å². The summed E-state index contributed by atoms with van der Waals surface area (Å²) in [4.78, 5) is 24.8. The fourth-order valence-electron chi connectivity index (χ4n) is 3.77. The molecule has 0 amide bonds. The van der Waals surface area contributed by atoms with Crippen molar-refractivity contribution in [2.24, 2.45) is 0 Å². The van der Waals surface area contributed by atoms with Crippen LogP contribution in [0.2, 0.25) is 0 Å². The van der Waals surface area contributed by atoms with Gasteiger partial charge in [-0.3, -0.25) is 4.79 Å². The molecule has 1 aromatic carbocycles. The minimum Gasteiger partial charge on any atom is -0.454 e. The van der Waals surface area contributed by atoms with Crippen molar-refractivity contribution in [3.63, 3.8) is 0 Å². The minimum atomic E-state index is -3.02. The number of carbonyl (C=O) groups excluding carboxylic acids is 2. The second-order valence-electron chi connectivity index (χ2n) is 7.26. The maximum Gasteiger partial charge on any atom is 0.338 e. The zero-order chi connectivity index (χ0) is 20.5. The molecule has 1 saturated heterocycles. The van der Waals surface area contributed by atoms with Crippen molar-refractivity contribution in [3.8, 4) is 0 Å². The zero-order valence-electron chi connectivity index (χ0n) is 16.4. The lowest BCUT2D eigenvalue weighted by Gasteiger charge is -2.16. The van der Waals surface area contributed by atoms with Gasteiger partial charge in [0.05, 0.1) is 17.1 Å². The van der Waals surface area contributed by atoms with Gasteiger partial charge in [-0.1, -0.05) is 19.1 Å². The van der Waals surface area contributed by atoms with Gasteiger partial charge in [-0.2, -0.15) is 0 Å². The van der Waals surface area contributed by atoms with Crippen LogP contribution in [-0.4, -0.2) is 42.9 Å². The van der Waals surface area contributed by atoms with Crippen LogP contribution in [0.1, 0.15) is 57.1 Å². The van der Waals surface area contributed by atoms with Gasteiger partial charge in [0.15, 0.2) is 16.4 Å². The number of carbonyl (C=O) groups is 2. The number of hydrogen-bond acceptors (Lipinski definition) is 5. The fourth-order valence-corrected chi connectivity index (χ4v) is 5.47. The number of rotatable bonds is 6. The Labute approximate surface area is 165 Å². The monoisotopic (exact) mass is 403 g/mol. The molecule has 150 valence electrons. The second kappa shape index (κ2) is 7.91. The highest BCUT2D eigenvalue weighted by Crippen LogP contribution is 2.29. The van der Waals surface area contributed by atoms with Gasteiger partial charge in [0.25, 0.3) is 0 Å². The van der Waals surface area contributed by atoms with E-state index in [0.717, 1.165) is 17.7 Å². The Balaban J connectivity index is 1.69. The van der Waals surface area contributed by atoms with Crippen LogP contribution in [-0.2, 0) is 21.0 Å². The molecular formula is C21H25NO5S. The van der Waals surface area contributed by atoms with Crippen LogP contribution in [0.4, 0.5) is 0 Å². The highest BCUT2D eigenvalue weighted by molar-refractivity contribution is 7.91. The van der Waals surface area contributed by atoms with Crippen molar-refractivity contribution >= 4 is 21.6 Å². The zero-order valence-corrected chi connectivity index (χ0v) is 17.2. The van der Waals surface area contributed by atoms with Gasteiger partial charge < -0.3 is 9.30 Å². The Kier molecular flexibility index (Phi) is 5.74. The van der Waals surface area contributed by atoms with E-state index in [1.807, 2.05) is 30.5 Å². The maximum atomic E-state index is 12.6. The maximum absolute atomic E-state index is 12.6. The third-order valence-corrected chi connectivity index (χ3v) is 7.04. The first-order valence-corrected chi connectivity index (χ1v) is 11.2. The van der Waals surface area contributed by atoms with E-state index in [0.29, 0.717) is 23.2 Å². The molecule has 1 atom stereocenters. The van der Waals surface area contributed by atoms with Crippen LogP contribution >= 0.6 is 0 Å². The first-order chi connectivity index (χ1) is 13.2. The molecule has 6 nitrogen and oxygen atoms in total. The number of nitrogens with zero attached hydrogens (tertiary/aromatic N) is 1. The lowest BCUT2D eigenvalue weighted by atomic mass is 10.1. The number of esters is 1. The summed E-state index contributed by atoms with van der Waals surface area (Å²) in [6.45, 7) is 5.34. The molecule has 0 aliphatic carbocycles. The number of sulfone groups is 1. The number of aryl methyl sites for hydroxylation is 2. The molecule has 7 heteroatoms. The van der Waals surface area contributed by atoms with Gasteiger partial charge in [-0.15, -0.1) is 0 Å². The van der Waals surface area contributed by atoms with E-state index in [9.17, 15) is 18.0 Å². The number of Topliss-reactive ketones (excluding diaryl/α,β-unsaturated/α-hetero) is 1. The Bertz CT molecular complexity index is 1000. The predicted molar refractivity (Wildman–Crippen MR) is 107 cm³/mol. The normalized spacial score (nSPS) is 18.2. The molecule has 0 spiro atoms. The predicted octanol–water partition coefficient (Wildman–Crippen LogP) is 3.07. The summed E-state index contributed by atoms with van der Waals surface area (Å²) >= 11 is 0. The highest BCUT2D eigenvalue weighted by atomic mass is 32.2. The van der Waals surface area contributed by atoms with Gasteiger partial charge in [-0.25, -0.2) is 13.2 Å². The lowest BCUT2D eigenvalue weighted by molar-refractivity contribution is 0.0474. The fraction of sp³-hybridized carbons (Fsp3) is 0.429. The molecule has 0 bridgehead atoms. The SMILES string of the molecule is CCc1ccc(C(=O)OCC(=O)c2cc(C)n([C@@H]3CCS(=O)(=O)C3)c2C)cc1. The molecule has 2 heterocycles. The van der Waals surface area contributed by atoms with Crippen LogP contribution in [0.25, 0.3) is 0 Å². The van der Waals surface area contributed by atoms with E-state index in [2.05, 4.69) is 0 Å². The van der Waals surface area contributed by atoms with Gasteiger partial charge >= 0.3 is 5.97 Å². The van der Waals surface area contributed by atoms with Gasteiger partial charge in [0.1, 0.15) is 0 Å². The van der Waals surface area contributed by atoms with E-state index in [1.165, 1.54) is 0 Å². The first-order valence-electron chi connectivity index (χ1n) is 9.40. The third-order valence-electron chi connectivity index (χ3n) is 5.29. The average Bonchev–Trinajstić information content (AvgIpc) is 3.17. The molecule has 28 heavy (non-hydrogen) atoms. The average molecular weight is 404 g/mol. The largest absolute Gasteiger partial charge is 0.454 e. The van der Waals surface area contributed by atoms with E-state index in [1.54, 1.807) is 25.1 Å². The number of benzene rings is 1. The molecule has 1 aliphatic rings. The number of hydrogen-bond donors (Lipinski definition) is 0. The second-order valence-corrected chi connectivity index (χ2v) is 9.49. The quantitative estimate of drug-likeness (QED) is 0.547. The van der Waals surface area contributed by atoms with Crippen molar-refractivity contribution in [1.82, 2.24) is 4.57 Å². The molecule has 0 N–H and O–H groups in total. The summed E-state index contributed by atoms with van der Waals surface area (Å²) in [5.74, 6) is -0.558. The molecule has 1 aliphatic heterocycles. The highest BCUT2D eigenvalue weighted by Gasteiger charge is 2.31. The van der Waals surface area contributed by atoms with Crippen LogP contribution in [0, 0.1) is 13.8 Å². The molecule has 1 aromatic heterocycles. The standard InChI is InChI=1S/C21H25NO5S/c1-4-16-5-7-17(8-6-16)21(24)27-12-20(23)19-11-14(2)22(15(19)3)18-9-10-28(25,26)13-18/h5-8,11,18H,4,9-10,12-13H2,1-3H3/t18-/m1/s1. The Hall–Kier alpha value is -2.41. The Morgan fingerprint density at radius 1 is 1.18 bits per heavy atom. The Morgan fingerprint density at radius 3 is 2.43 bits per heavy atom. The molecule has 0 saturated carbocycles. The molecule has 1 fully saturated rings. The molecule has 0 radical (unpaired) electrons. The lowest BCUT2D eigenvalue weighted by Crippen LogP contribution is -2.17. The van der Waals surface area contributed by atoms with Gasteiger partial charge in [-0.05, 0) is 50.5 Å². The van der Waals surface area contributed by atoms with E-state index >= 15 is 0 Å². The van der Waals surface area contributed by atoms with Crippen molar-refractivity contribution in [2.45, 2.75) is 39.7 Å². The molecule has 3 rings (SSSR count). The summed E-state index contributed by atoms with van der Waals surface area (Å²) in [5, 5.41) is 0. The molecular weight excluding hydrogens is 378 g/mol. The number of ketones is 1. The summed E-state index contributed by atoms with van der Waals surface area (Å²) in [7, 11) is -3.02. The number of ether oxygens (including phenoxy) is 1. The summed E-state index contributed by atoms with van der Waals surface area (Å²) < 4.78 is 30.7. The third kappa shape index (κ3) is 4.19. The van der Waals surface area contributed by atoms with Gasteiger partial charge in [0.2, 0.25) is 5.78 Å². The summed E-state index contributed by atoms with van der Waals surface area (Å²) in [6, 6.07) is 8.71. The minimum absolute atomic E-state index is 0.0970. The van der Waals surface area contributed by atoms with Crippen molar-refractivity contribution in [1.29, 1.82) is 0 Å². The van der Waals surface area contributed by atoms with Crippen molar-refractivity contribution < 1.29 is 22.7 Å². The smallest absolute Gasteiger partial charge is 0.338 e. The van der Waals surface area contributed by atoms with E-state index in [-0.39, 0.29) is 29.9 Å². The summed E-state index contributed by atoms with van der Waals surface area (Å²) in [5.41, 5.74) is 3.55. The van der Waals surface area contributed by atoms with Crippen LogP contribution in [0.5, 0.6) is 0 Å². The number of aromatic nitrogens is 1. The van der Waals surface area contributed by atoms with E-state index < -0.39 is 15.8 Å². The summed E-state index contributed by atoms with van der Waals surface area (Å²) in [6.07, 6.45) is 1.43. The Morgan fingerprint density at radius 2 is 1.86 bits per heavy atom. The molecule has 2 aromatic rings. The topological polar surface area (TPSA) is 82.4 Å². The van der Waals surface area contributed by atoms with Crippen LogP contribution in [0.3, 0.4) is 0 Å². The van der Waals surface area contributed by atoms with Crippen molar-refractivity contribution in [2.75, 3.05) is 18.1 Å². The van der Waals surface area contributed by atoms with Gasteiger partial charge in [0, 0.05) is 23.0 Å². The van der Waals surface area contributed by atoms with Crippen LogP contribution < -0.4 is 0 Å². The van der Waals surface area contributed by atoms with E-state index in [4.69, 9.17) is 4.74 Å². The first kappa shape index (κ1) is 20.3. The molecule has 0 unspecified atom stereocenters. The van der Waals surface area contributed by atoms with Crippen molar-refractivity contribution in [3.05, 3.63) is 58.4 Å².